The number of amides is 1. The molecule has 0 saturated carbocycles. The number of methoxy groups -OCH3 is 1. The second-order valence-electron chi connectivity index (χ2n) is 6.11. The van der Waals surface area contributed by atoms with Gasteiger partial charge in [-0.1, -0.05) is 18.2 Å². The predicted octanol–water partition coefficient (Wildman–Crippen LogP) is 4.60. The van der Waals surface area contributed by atoms with E-state index in [0.717, 1.165) is 22.4 Å². The van der Waals surface area contributed by atoms with E-state index in [2.05, 4.69) is 10.3 Å². The summed E-state index contributed by atoms with van der Waals surface area (Å²) in [5, 5.41) is 3.41. The first-order valence-electron chi connectivity index (χ1n) is 8.68. The second-order valence-corrected chi connectivity index (χ2v) is 7.15. The van der Waals surface area contributed by atoms with E-state index in [1.165, 1.54) is 11.8 Å². The van der Waals surface area contributed by atoms with Gasteiger partial charge >= 0.3 is 0 Å². The summed E-state index contributed by atoms with van der Waals surface area (Å²) >= 11 is 1.33. The van der Waals surface area contributed by atoms with E-state index in [0.29, 0.717) is 28.2 Å². The Morgan fingerprint density at radius 3 is 2.70 bits per heavy atom. The number of amidine groups is 1. The maximum atomic E-state index is 12.3. The largest absolute Gasteiger partial charge is 0.493 e. The van der Waals surface area contributed by atoms with Crippen molar-refractivity contribution in [3.05, 3.63) is 58.0 Å². The molecule has 27 heavy (non-hydrogen) atoms. The van der Waals surface area contributed by atoms with Gasteiger partial charge in [-0.2, -0.15) is 0 Å². The Hall–Kier alpha value is -2.73. The van der Waals surface area contributed by atoms with Crippen molar-refractivity contribution in [2.75, 3.05) is 13.7 Å². The maximum Gasteiger partial charge on any atom is 0.264 e. The third-order valence-electron chi connectivity index (χ3n) is 4.02. The molecule has 0 spiro atoms. The minimum absolute atomic E-state index is 0.156. The summed E-state index contributed by atoms with van der Waals surface area (Å²) in [6, 6.07) is 11.7. The Kier molecular flexibility index (Phi) is 5.86. The van der Waals surface area contributed by atoms with Gasteiger partial charge in [0.15, 0.2) is 16.7 Å². The summed E-state index contributed by atoms with van der Waals surface area (Å²) in [5.74, 6) is 1.17. The minimum atomic E-state index is -0.156. The smallest absolute Gasteiger partial charge is 0.264 e. The molecule has 2 aromatic carbocycles. The van der Waals surface area contributed by atoms with Gasteiger partial charge in [-0.25, -0.2) is 4.99 Å². The highest BCUT2D eigenvalue weighted by atomic mass is 32.2. The van der Waals surface area contributed by atoms with E-state index in [9.17, 15) is 4.79 Å². The molecule has 5 nitrogen and oxygen atoms in total. The van der Waals surface area contributed by atoms with Crippen molar-refractivity contribution in [1.82, 2.24) is 5.32 Å². The lowest BCUT2D eigenvalue weighted by Gasteiger charge is -2.09. The zero-order valence-electron chi connectivity index (χ0n) is 15.8. The fraction of sp³-hybridized carbons (Fsp3) is 0.238. The zero-order valence-corrected chi connectivity index (χ0v) is 16.6. The molecular formula is C21H22N2O3S. The molecule has 1 N–H and O–H groups in total. The van der Waals surface area contributed by atoms with Crippen LogP contribution < -0.4 is 14.8 Å². The van der Waals surface area contributed by atoms with Crippen LogP contribution in [0, 0.1) is 13.8 Å². The first-order valence-corrected chi connectivity index (χ1v) is 9.49. The molecule has 6 heteroatoms. The Balaban J connectivity index is 1.85. The van der Waals surface area contributed by atoms with Crippen LogP contribution in [0.5, 0.6) is 11.5 Å². The number of aryl methyl sites for hydroxylation is 2. The van der Waals surface area contributed by atoms with Crippen LogP contribution in [-0.2, 0) is 4.79 Å². The highest BCUT2D eigenvalue weighted by molar-refractivity contribution is 8.18. The van der Waals surface area contributed by atoms with Crippen LogP contribution in [0.1, 0.15) is 23.6 Å². The molecule has 1 aliphatic rings. The summed E-state index contributed by atoms with van der Waals surface area (Å²) in [5.41, 5.74) is 3.92. The molecule has 0 atom stereocenters. The molecule has 0 aromatic heterocycles. The number of carbonyl (C=O) groups is 1. The highest BCUT2D eigenvalue weighted by Gasteiger charge is 2.24. The number of ether oxygens (including phenoxy) is 2. The van der Waals surface area contributed by atoms with Gasteiger partial charge in [-0.3, -0.25) is 4.79 Å². The lowest BCUT2D eigenvalue weighted by atomic mass is 10.1. The normalized spacial score (nSPS) is 16.7. The SMILES string of the molecule is CCOc1ccc(C=C2SC(=Nc3cc(C)ccc3C)NC2=O)cc1OC. The van der Waals surface area contributed by atoms with Gasteiger partial charge < -0.3 is 14.8 Å². The predicted molar refractivity (Wildman–Crippen MR) is 111 cm³/mol. The molecule has 3 rings (SSSR count). The average Bonchev–Trinajstić information content (AvgIpc) is 2.98. The number of hydrogen-bond donors (Lipinski definition) is 1. The van der Waals surface area contributed by atoms with Gasteiger partial charge in [0, 0.05) is 0 Å². The van der Waals surface area contributed by atoms with Crippen LogP contribution >= 0.6 is 11.8 Å². The van der Waals surface area contributed by atoms with Gasteiger partial charge in [0.25, 0.3) is 5.91 Å². The van der Waals surface area contributed by atoms with E-state index in [-0.39, 0.29) is 5.91 Å². The van der Waals surface area contributed by atoms with Gasteiger partial charge in [0.05, 0.1) is 24.3 Å². The quantitative estimate of drug-likeness (QED) is 0.768. The van der Waals surface area contributed by atoms with Crippen molar-refractivity contribution in [3.63, 3.8) is 0 Å². The molecule has 0 radical (unpaired) electrons. The van der Waals surface area contributed by atoms with Crippen molar-refractivity contribution in [3.8, 4) is 11.5 Å². The Bertz CT molecular complexity index is 935. The molecule has 1 amide bonds. The third-order valence-corrected chi connectivity index (χ3v) is 4.93. The second kappa shape index (κ2) is 8.31. The van der Waals surface area contributed by atoms with E-state index in [1.54, 1.807) is 7.11 Å². The number of carbonyl (C=O) groups excluding carboxylic acids is 1. The molecule has 1 saturated heterocycles. The summed E-state index contributed by atoms with van der Waals surface area (Å²) in [7, 11) is 1.60. The molecule has 140 valence electrons. The van der Waals surface area contributed by atoms with E-state index < -0.39 is 0 Å². The molecule has 0 bridgehead atoms. The number of aliphatic imine (C=N–C) groups is 1. The standard InChI is InChI=1S/C21H22N2O3S/c1-5-26-17-9-8-15(11-18(17)25-4)12-19-20(24)23-21(27-19)22-16-10-13(2)6-7-14(16)3/h6-12H,5H2,1-4H3,(H,22,23,24). The average molecular weight is 382 g/mol. The topological polar surface area (TPSA) is 59.9 Å². The lowest BCUT2D eigenvalue weighted by molar-refractivity contribution is -0.115. The Labute approximate surface area is 163 Å². The molecule has 0 aliphatic carbocycles. The summed E-state index contributed by atoms with van der Waals surface area (Å²) in [6.45, 7) is 6.51. The van der Waals surface area contributed by atoms with E-state index >= 15 is 0 Å². The zero-order chi connectivity index (χ0) is 19.4. The summed E-state index contributed by atoms with van der Waals surface area (Å²) in [6.07, 6.45) is 1.82. The van der Waals surface area contributed by atoms with Gasteiger partial charge in [-0.05, 0) is 73.5 Å². The van der Waals surface area contributed by atoms with Crippen LogP contribution in [0.2, 0.25) is 0 Å². The monoisotopic (exact) mass is 382 g/mol. The van der Waals surface area contributed by atoms with Crippen molar-refractivity contribution >= 4 is 34.6 Å². The number of benzene rings is 2. The first-order chi connectivity index (χ1) is 13.0. The van der Waals surface area contributed by atoms with Gasteiger partial charge in [-0.15, -0.1) is 0 Å². The van der Waals surface area contributed by atoms with Crippen LogP contribution in [0.4, 0.5) is 5.69 Å². The van der Waals surface area contributed by atoms with Crippen LogP contribution in [0.15, 0.2) is 46.3 Å². The molecule has 2 aromatic rings. The molecular weight excluding hydrogens is 360 g/mol. The van der Waals surface area contributed by atoms with Crippen LogP contribution in [0.3, 0.4) is 0 Å². The van der Waals surface area contributed by atoms with Crippen molar-refractivity contribution in [2.24, 2.45) is 4.99 Å². The maximum absolute atomic E-state index is 12.3. The third kappa shape index (κ3) is 4.52. The van der Waals surface area contributed by atoms with Crippen molar-refractivity contribution < 1.29 is 14.3 Å². The Morgan fingerprint density at radius 1 is 1.15 bits per heavy atom. The van der Waals surface area contributed by atoms with Crippen molar-refractivity contribution in [2.45, 2.75) is 20.8 Å². The Morgan fingerprint density at radius 2 is 1.96 bits per heavy atom. The van der Waals surface area contributed by atoms with E-state index in [4.69, 9.17) is 9.47 Å². The molecule has 0 unspecified atom stereocenters. The van der Waals surface area contributed by atoms with Gasteiger partial charge in [0.2, 0.25) is 0 Å². The summed E-state index contributed by atoms with van der Waals surface area (Å²) < 4.78 is 10.9. The summed E-state index contributed by atoms with van der Waals surface area (Å²) in [4.78, 5) is 17.5. The minimum Gasteiger partial charge on any atom is -0.493 e. The lowest BCUT2D eigenvalue weighted by Crippen LogP contribution is -2.19. The number of nitrogens with zero attached hydrogens (tertiary/aromatic N) is 1. The van der Waals surface area contributed by atoms with Gasteiger partial charge in [0.1, 0.15) is 0 Å². The van der Waals surface area contributed by atoms with Crippen molar-refractivity contribution in [1.29, 1.82) is 0 Å². The number of rotatable bonds is 5. The van der Waals surface area contributed by atoms with E-state index in [1.807, 2.05) is 63.2 Å². The first kappa shape index (κ1) is 19.0. The fourth-order valence-electron chi connectivity index (χ4n) is 2.63. The number of thioether (sulfide) groups is 1. The fourth-order valence-corrected chi connectivity index (χ4v) is 3.46. The van der Waals surface area contributed by atoms with Crippen LogP contribution in [-0.4, -0.2) is 24.8 Å². The molecule has 1 heterocycles. The highest BCUT2D eigenvalue weighted by Crippen LogP contribution is 2.32. The number of hydrogen-bond acceptors (Lipinski definition) is 5. The molecule has 1 aliphatic heterocycles. The van der Waals surface area contributed by atoms with Crippen LogP contribution in [0.25, 0.3) is 6.08 Å². The molecule has 1 fully saturated rings. The number of nitrogens with one attached hydrogen (secondary N) is 1.